The van der Waals surface area contributed by atoms with Crippen molar-refractivity contribution >= 4 is 17.8 Å². The van der Waals surface area contributed by atoms with Crippen molar-refractivity contribution in [1.29, 1.82) is 0 Å². The van der Waals surface area contributed by atoms with E-state index in [1.54, 1.807) is 24.5 Å². The Balaban J connectivity index is 1.98. The van der Waals surface area contributed by atoms with E-state index in [4.69, 9.17) is 4.42 Å². The molecule has 94 valence electrons. The number of nitrogens with one attached hydrogen (secondary N) is 1. The minimum Gasteiger partial charge on any atom is -0.465 e. The second-order valence-corrected chi connectivity index (χ2v) is 4.27. The van der Waals surface area contributed by atoms with Gasteiger partial charge in [0.25, 0.3) is 5.91 Å². The highest BCUT2D eigenvalue weighted by Crippen LogP contribution is 2.17. The van der Waals surface area contributed by atoms with Gasteiger partial charge >= 0.3 is 0 Å². The Morgan fingerprint density at radius 1 is 1.21 bits per heavy atom. The number of carbonyl (C=O) groups excluding carboxylic acids is 1. The molecule has 1 N–H and O–H groups in total. The predicted octanol–water partition coefficient (Wildman–Crippen LogP) is 2.51. The van der Waals surface area contributed by atoms with Crippen LogP contribution < -0.4 is 5.32 Å². The van der Waals surface area contributed by atoms with Gasteiger partial charge in [-0.2, -0.15) is 0 Å². The lowest BCUT2D eigenvalue weighted by molar-refractivity contribution is -0.115. The van der Waals surface area contributed by atoms with E-state index in [1.807, 2.05) is 31.2 Å². The second kappa shape index (κ2) is 4.57. The van der Waals surface area contributed by atoms with Crippen LogP contribution in [0.4, 0.5) is 0 Å². The van der Waals surface area contributed by atoms with Gasteiger partial charge in [0.05, 0.1) is 6.26 Å². The average Bonchev–Trinajstić information content (AvgIpc) is 3.02. The Hall–Kier alpha value is -2.62. The van der Waals surface area contributed by atoms with Crippen molar-refractivity contribution in [2.24, 2.45) is 4.99 Å². The number of aryl methyl sites for hydroxylation is 1. The molecule has 0 saturated carbocycles. The molecule has 0 saturated heterocycles. The van der Waals surface area contributed by atoms with Crippen LogP contribution in [0.5, 0.6) is 0 Å². The summed E-state index contributed by atoms with van der Waals surface area (Å²) in [5, 5.41) is 2.77. The van der Waals surface area contributed by atoms with Crippen LogP contribution in [0.3, 0.4) is 0 Å². The number of hydrogen-bond donors (Lipinski definition) is 1. The number of furan rings is 1. The molecule has 1 aliphatic rings. The molecule has 4 heteroatoms. The van der Waals surface area contributed by atoms with Crippen LogP contribution in [0, 0.1) is 6.92 Å². The van der Waals surface area contributed by atoms with Crippen LogP contribution in [-0.4, -0.2) is 11.7 Å². The second-order valence-electron chi connectivity index (χ2n) is 4.27. The normalized spacial score (nSPS) is 16.6. The minimum atomic E-state index is -0.213. The third-order valence-corrected chi connectivity index (χ3v) is 2.92. The maximum Gasteiger partial charge on any atom is 0.275 e. The van der Waals surface area contributed by atoms with Gasteiger partial charge in [-0.05, 0) is 24.6 Å². The molecule has 0 aliphatic carbocycles. The molecular weight excluding hydrogens is 240 g/mol. The Bertz CT molecular complexity index is 682. The summed E-state index contributed by atoms with van der Waals surface area (Å²) >= 11 is 0. The van der Waals surface area contributed by atoms with Crippen LogP contribution in [-0.2, 0) is 4.79 Å². The summed E-state index contributed by atoms with van der Waals surface area (Å²) in [5.74, 6) is 0.982. The Morgan fingerprint density at radius 2 is 2.05 bits per heavy atom. The molecule has 2 heterocycles. The zero-order valence-electron chi connectivity index (χ0n) is 10.4. The van der Waals surface area contributed by atoms with Crippen molar-refractivity contribution in [2.45, 2.75) is 6.92 Å². The van der Waals surface area contributed by atoms with E-state index in [0.29, 0.717) is 17.3 Å². The van der Waals surface area contributed by atoms with Crippen LogP contribution in [0.1, 0.15) is 16.9 Å². The maximum atomic E-state index is 11.9. The Morgan fingerprint density at radius 3 is 2.79 bits per heavy atom. The van der Waals surface area contributed by atoms with Crippen molar-refractivity contribution < 1.29 is 9.21 Å². The van der Waals surface area contributed by atoms with Crippen LogP contribution in [0.2, 0.25) is 0 Å². The SMILES string of the molecule is Cc1ccccc1C1=N/C(=C/c2ccco2)C(=O)N1. The topological polar surface area (TPSA) is 54.6 Å². The standard InChI is InChI=1S/C15H12N2O2/c1-10-5-2-3-7-12(10)14-16-13(15(18)17-14)9-11-6-4-8-19-11/h2-9H,1H3,(H,16,17,18)/b13-9+. The van der Waals surface area contributed by atoms with Crippen LogP contribution in [0.15, 0.2) is 57.8 Å². The van der Waals surface area contributed by atoms with Crippen molar-refractivity contribution in [3.63, 3.8) is 0 Å². The summed E-state index contributed by atoms with van der Waals surface area (Å²) in [5.41, 5.74) is 2.35. The molecule has 0 atom stereocenters. The highest BCUT2D eigenvalue weighted by molar-refractivity contribution is 6.20. The summed E-state index contributed by atoms with van der Waals surface area (Å²) in [6.45, 7) is 1.98. The average molecular weight is 252 g/mol. The third-order valence-electron chi connectivity index (χ3n) is 2.92. The van der Waals surface area contributed by atoms with Gasteiger partial charge < -0.3 is 9.73 Å². The first kappa shape index (κ1) is 11.5. The van der Waals surface area contributed by atoms with Crippen molar-refractivity contribution in [3.05, 3.63) is 65.2 Å². The van der Waals surface area contributed by atoms with Crippen LogP contribution in [0.25, 0.3) is 6.08 Å². The highest BCUT2D eigenvalue weighted by atomic mass is 16.3. The van der Waals surface area contributed by atoms with Crippen molar-refractivity contribution in [2.75, 3.05) is 0 Å². The van der Waals surface area contributed by atoms with Gasteiger partial charge in [0, 0.05) is 11.6 Å². The number of carbonyl (C=O) groups is 1. The minimum absolute atomic E-state index is 0.213. The number of amidine groups is 1. The fraction of sp³-hybridized carbons (Fsp3) is 0.0667. The number of rotatable bonds is 2. The Labute approximate surface area is 110 Å². The fourth-order valence-electron chi connectivity index (χ4n) is 1.94. The maximum absolute atomic E-state index is 11.9. The van der Waals surface area contributed by atoms with Crippen molar-refractivity contribution in [1.82, 2.24) is 5.32 Å². The monoisotopic (exact) mass is 252 g/mol. The number of amides is 1. The highest BCUT2D eigenvalue weighted by Gasteiger charge is 2.22. The molecule has 2 aromatic rings. The molecular formula is C15H12N2O2. The number of aliphatic imine (C=N–C) groups is 1. The summed E-state index contributed by atoms with van der Waals surface area (Å²) in [6.07, 6.45) is 3.19. The van der Waals surface area contributed by atoms with E-state index >= 15 is 0 Å². The molecule has 0 unspecified atom stereocenters. The molecule has 19 heavy (non-hydrogen) atoms. The van der Waals surface area contributed by atoms with E-state index in [-0.39, 0.29) is 5.91 Å². The summed E-state index contributed by atoms with van der Waals surface area (Å²) < 4.78 is 5.18. The fourth-order valence-corrected chi connectivity index (χ4v) is 1.94. The van der Waals surface area contributed by atoms with Gasteiger partial charge in [-0.3, -0.25) is 4.79 Å². The molecule has 1 aromatic carbocycles. The van der Waals surface area contributed by atoms with E-state index < -0.39 is 0 Å². The van der Waals surface area contributed by atoms with Gasteiger partial charge in [0.2, 0.25) is 0 Å². The summed E-state index contributed by atoms with van der Waals surface area (Å²) in [6, 6.07) is 11.3. The van der Waals surface area contributed by atoms with Gasteiger partial charge in [0.15, 0.2) is 0 Å². The molecule has 1 amide bonds. The van der Waals surface area contributed by atoms with Gasteiger partial charge in [-0.15, -0.1) is 0 Å². The van der Waals surface area contributed by atoms with Crippen molar-refractivity contribution in [3.8, 4) is 0 Å². The Kier molecular flexibility index (Phi) is 2.76. The molecule has 4 nitrogen and oxygen atoms in total. The van der Waals surface area contributed by atoms with Crippen LogP contribution >= 0.6 is 0 Å². The lowest BCUT2D eigenvalue weighted by Crippen LogP contribution is -2.25. The lowest BCUT2D eigenvalue weighted by Gasteiger charge is -2.03. The number of nitrogens with zero attached hydrogens (tertiary/aromatic N) is 1. The quantitative estimate of drug-likeness (QED) is 0.835. The van der Waals surface area contributed by atoms with Gasteiger partial charge in [-0.1, -0.05) is 24.3 Å². The molecule has 0 spiro atoms. The molecule has 1 aliphatic heterocycles. The number of benzene rings is 1. The third kappa shape index (κ3) is 2.20. The summed E-state index contributed by atoms with van der Waals surface area (Å²) in [4.78, 5) is 16.2. The van der Waals surface area contributed by atoms with E-state index in [0.717, 1.165) is 11.1 Å². The first-order valence-corrected chi connectivity index (χ1v) is 5.95. The largest absolute Gasteiger partial charge is 0.465 e. The molecule has 0 radical (unpaired) electrons. The number of hydrogen-bond acceptors (Lipinski definition) is 3. The van der Waals surface area contributed by atoms with Gasteiger partial charge in [-0.25, -0.2) is 4.99 Å². The molecule has 0 fully saturated rings. The molecule has 3 rings (SSSR count). The van der Waals surface area contributed by atoms with E-state index in [2.05, 4.69) is 10.3 Å². The first-order chi connectivity index (χ1) is 9.24. The lowest BCUT2D eigenvalue weighted by atomic mass is 10.1. The predicted molar refractivity (Wildman–Crippen MR) is 72.5 cm³/mol. The molecule has 0 bridgehead atoms. The first-order valence-electron chi connectivity index (χ1n) is 5.95. The summed E-state index contributed by atoms with van der Waals surface area (Å²) in [7, 11) is 0. The molecule has 1 aromatic heterocycles. The van der Waals surface area contributed by atoms with E-state index in [1.165, 1.54) is 0 Å². The van der Waals surface area contributed by atoms with E-state index in [9.17, 15) is 4.79 Å². The van der Waals surface area contributed by atoms with Gasteiger partial charge in [0.1, 0.15) is 17.3 Å². The zero-order chi connectivity index (χ0) is 13.2. The smallest absolute Gasteiger partial charge is 0.275 e. The zero-order valence-corrected chi connectivity index (χ0v) is 10.4.